The van der Waals surface area contributed by atoms with Crippen molar-refractivity contribution in [2.75, 3.05) is 0 Å². The van der Waals surface area contributed by atoms with Crippen LogP contribution in [0.25, 0.3) is 0 Å². The normalized spacial score (nSPS) is 10.1. The van der Waals surface area contributed by atoms with Crippen molar-refractivity contribution in [2.24, 2.45) is 0 Å². The van der Waals surface area contributed by atoms with E-state index in [9.17, 15) is 25.0 Å². The molecule has 1 aromatic carbocycles. The molecule has 0 aliphatic heterocycles. The van der Waals surface area contributed by atoms with Crippen LogP contribution in [0.3, 0.4) is 0 Å². The highest BCUT2D eigenvalue weighted by Crippen LogP contribution is 2.36. The Balaban J connectivity index is 2.40. The number of aromatic nitrogens is 1. The molecule has 1 aromatic heterocycles. The van der Waals surface area contributed by atoms with Crippen LogP contribution in [0.1, 0.15) is 10.4 Å². The number of rotatable bonds is 5. The Labute approximate surface area is 119 Å². The Morgan fingerprint density at radius 3 is 2.52 bits per heavy atom. The number of thiazole rings is 1. The second-order valence-electron chi connectivity index (χ2n) is 3.57. The summed E-state index contributed by atoms with van der Waals surface area (Å²) in [4.78, 5) is 34.4. The molecular weight excluding hydrogens is 306 g/mol. The van der Waals surface area contributed by atoms with Gasteiger partial charge in [-0.3, -0.25) is 20.2 Å². The van der Waals surface area contributed by atoms with Gasteiger partial charge in [-0.2, -0.15) is 0 Å². The standard InChI is InChI=1S/C10H5N3O7S/c14-9(15)5-1-2-6(12(16)17)7(3-5)20-10-11-4-8(21-10)13(18)19/h1-4H,(H,14,15). The van der Waals surface area contributed by atoms with E-state index in [0.717, 1.165) is 24.4 Å². The molecule has 10 nitrogen and oxygen atoms in total. The Kier molecular flexibility index (Phi) is 3.75. The molecule has 0 unspecified atom stereocenters. The van der Waals surface area contributed by atoms with Crippen LogP contribution >= 0.6 is 11.3 Å². The molecule has 1 heterocycles. The van der Waals surface area contributed by atoms with Crippen LogP contribution < -0.4 is 4.74 Å². The van der Waals surface area contributed by atoms with Crippen molar-refractivity contribution >= 4 is 28.0 Å². The van der Waals surface area contributed by atoms with Gasteiger partial charge >= 0.3 is 16.7 Å². The van der Waals surface area contributed by atoms with Crippen LogP contribution in [-0.4, -0.2) is 25.9 Å². The zero-order valence-electron chi connectivity index (χ0n) is 9.96. The van der Waals surface area contributed by atoms with Crippen molar-refractivity contribution in [1.82, 2.24) is 4.98 Å². The molecular formula is C10H5N3O7S. The predicted molar refractivity (Wildman–Crippen MR) is 68.9 cm³/mol. The van der Waals surface area contributed by atoms with Gasteiger partial charge in [0, 0.05) is 12.1 Å². The third-order valence-electron chi connectivity index (χ3n) is 2.25. The van der Waals surface area contributed by atoms with Gasteiger partial charge in [0.05, 0.1) is 15.4 Å². The molecule has 0 atom stereocenters. The van der Waals surface area contributed by atoms with Gasteiger partial charge in [0.25, 0.3) is 5.19 Å². The van der Waals surface area contributed by atoms with Gasteiger partial charge < -0.3 is 9.84 Å². The molecule has 0 aliphatic carbocycles. The molecule has 2 aromatic rings. The van der Waals surface area contributed by atoms with Gasteiger partial charge in [0.15, 0.2) is 0 Å². The number of hydrogen-bond donors (Lipinski definition) is 1. The Morgan fingerprint density at radius 2 is 2.00 bits per heavy atom. The maximum Gasteiger partial charge on any atom is 0.347 e. The first-order valence-electron chi connectivity index (χ1n) is 5.18. The van der Waals surface area contributed by atoms with Crippen LogP contribution in [-0.2, 0) is 0 Å². The third kappa shape index (κ3) is 3.09. The minimum absolute atomic E-state index is 0.202. The second-order valence-corrected chi connectivity index (χ2v) is 4.54. The molecule has 0 fully saturated rings. The van der Waals surface area contributed by atoms with Gasteiger partial charge in [-0.15, -0.1) is 0 Å². The fourth-order valence-electron chi connectivity index (χ4n) is 1.36. The van der Waals surface area contributed by atoms with Crippen LogP contribution in [0.5, 0.6) is 10.9 Å². The van der Waals surface area contributed by atoms with Gasteiger partial charge in [-0.1, -0.05) is 0 Å². The number of carboxylic acids is 1. The lowest BCUT2D eigenvalue weighted by Gasteiger charge is -2.03. The fourth-order valence-corrected chi connectivity index (χ4v) is 1.95. The second kappa shape index (κ2) is 5.50. The molecule has 11 heteroatoms. The van der Waals surface area contributed by atoms with Crippen molar-refractivity contribution in [3.63, 3.8) is 0 Å². The molecule has 0 saturated heterocycles. The van der Waals surface area contributed by atoms with E-state index in [4.69, 9.17) is 9.84 Å². The maximum atomic E-state index is 10.9. The van der Waals surface area contributed by atoms with E-state index in [1.54, 1.807) is 0 Å². The van der Waals surface area contributed by atoms with E-state index in [1.165, 1.54) is 0 Å². The van der Waals surface area contributed by atoms with Crippen molar-refractivity contribution in [2.45, 2.75) is 0 Å². The van der Waals surface area contributed by atoms with Gasteiger partial charge in [-0.25, -0.2) is 9.78 Å². The lowest BCUT2D eigenvalue weighted by Crippen LogP contribution is -1.99. The summed E-state index contributed by atoms with van der Waals surface area (Å²) in [6, 6.07) is 2.98. The average molecular weight is 311 g/mol. The molecule has 1 N–H and O–H groups in total. The van der Waals surface area contributed by atoms with Crippen LogP contribution in [0, 0.1) is 20.2 Å². The predicted octanol–water partition coefficient (Wildman–Crippen LogP) is 2.45. The summed E-state index contributed by atoms with van der Waals surface area (Å²) >= 11 is 0.568. The highest BCUT2D eigenvalue weighted by atomic mass is 32.1. The maximum absolute atomic E-state index is 10.9. The fraction of sp³-hybridized carbons (Fsp3) is 0. The summed E-state index contributed by atoms with van der Waals surface area (Å²) in [5.41, 5.74) is -0.695. The number of ether oxygens (including phenoxy) is 1. The number of nitro benzene ring substituents is 1. The molecule has 0 spiro atoms. The van der Waals surface area contributed by atoms with Crippen LogP contribution in [0.4, 0.5) is 10.7 Å². The monoisotopic (exact) mass is 311 g/mol. The molecule has 0 aliphatic rings. The van der Waals surface area contributed by atoms with Crippen LogP contribution in [0.2, 0.25) is 0 Å². The third-order valence-corrected chi connectivity index (χ3v) is 3.08. The van der Waals surface area contributed by atoms with E-state index < -0.39 is 21.5 Å². The molecule has 0 bridgehead atoms. The van der Waals surface area contributed by atoms with Crippen molar-refractivity contribution in [1.29, 1.82) is 0 Å². The Hall–Kier alpha value is -3.08. The van der Waals surface area contributed by atoms with E-state index >= 15 is 0 Å². The Morgan fingerprint density at radius 1 is 1.29 bits per heavy atom. The van der Waals surface area contributed by atoms with Gasteiger partial charge in [0.1, 0.15) is 6.20 Å². The van der Waals surface area contributed by atoms with Gasteiger partial charge in [-0.05, 0) is 17.4 Å². The topological polar surface area (TPSA) is 146 Å². The number of nitro groups is 2. The summed E-state index contributed by atoms with van der Waals surface area (Å²) in [6.45, 7) is 0. The van der Waals surface area contributed by atoms with E-state index in [0.29, 0.717) is 11.3 Å². The number of benzene rings is 1. The first-order chi connectivity index (χ1) is 9.88. The van der Waals surface area contributed by atoms with Crippen molar-refractivity contribution in [3.8, 4) is 10.9 Å². The first-order valence-corrected chi connectivity index (χ1v) is 6.00. The lowest BCUT2D eigenvalue weighted by atomic mass is 10.2. The minimum Gasteiger partial charge on any atom is -0.478 e. The molecule has 2 rings (SSSR count). The largest absolute Gasteiger partial charge is 0.478 e. The highest BCUT2D eigenvalue weighted by Gasteiger charge is 2.21. The number of hydrogen-bond acceptors (Lipinski definition) is 8. The SMILES string of the molecule is O=C(O)c1ccc([N+](=O)[O-])c(Oc2ncc([N+](=O)[O-])s2)c1. The van der Waals surface area contributed by atoms with E-state index in [1.807, 2.05) is 0 Å². The smallest absolute Gasteiger partial charge is 0.347 e. The zero-order valence-corrected chi connectivity index (χ0v) is 10.8. The molecule has 0 amide bonds. The summed E-state index contributed by atoms with van der Waals surface area (Å²) in [6.07, 6.45) is 0.937. The van der Waals surface area contributed by atoms with E-state index in [2.05, 4.69) is 4.98 Å². The first kappa shape index (κ1) is 14.3. The van der Waals surface area contributed by atoms with Crippen molar-refractivity contribution in [3.05, 3.63) is 50.2 Å². The molecule has 21 heavy (non-hydrogen) atoms. The average Bonchev–Trinajstić information content (AvgIpc) is 2.87. The molecule has 0 radical (unpaired) electrons. The number of carboxylic acid groups (broad SMARTS) is 1. The summed E-state index contributed by atoms with van der Waals surface area (Å²) in [5, 5.41) is 29.7. The summed E-state index contributed by atoms with van der Waals surface area (Å²) < 4.78 is 5.09. The van der Waals surface area contributed by atoms with Crippen molar-refractivity contribution < 1.29 is 24.5 Å². The highest BCUT2D eigenvalue weighted by molar-refractivity contribution is 7.16. The molecule has 108 valence electrons. The lowest BCUT2D eigenvalue weighted by molar-refractivity contribution is -0.385. The number of carbonyl (C=O) groups is 1. The quantitative estimate of drug-likeness (QED) is 0.654. The summed E-state index contributed by atoms with van der Waals surface area (Å²) in [7, 11) is 0. The number of nitrogens with zero attached hydrogens (tertiary/aromatic N) is 3. The minimum atomic E-state index is -1.29. The number of aromatic carboxylic acids is 1. The summed E-state index contributed by atoms with van der Waals surface area (Å²) in [5.74, 6) is -1.65. The zero-order chi connectivity index (χ0) is 15.6. The van der Waals surface area contributed by atoms with Gasteiger partial charge in [0.2, 0.25) is 5.75 Å². The Bertz CT molecular complexity index is 742. The van der Waals surface area contributed by atoms with Crippen LogP contribution in [0.15, 0.2) is 24.4 Å². The van der Waals surface area contributed by atoms with E-state index in [-0.39, 0.29) is 21.5 Å². The molecule has 0 saturated carbocycles.